The zero-order chi connectivity index (χ0) is 20.3. The van der Waals surface area contributed by atoms with Crippen LogP contribution >= 0.6 is 11.3 Å². The number of fused-ring (bicyclic) bond motifs is 1. The first kappa shape index (κ1) is 18.7. The molecule has 3 aromatic heterocycles. The third kappa shape index (κ3) is 4.18. The standard InChI is InChI=1S/C22H22N6OS/c23-21-25-11-15(12-26-21)14-8-18(13-24-10-14)29-17-6-7-19-20(9-17)30-22(28-19)27-16-4-2-1-3-5-16/h6-13,16H,1-5H2,(H,27,28)(H2,23,25,26). The van der Waals surface area contributed by atoms with Crippen LogP contribution in [-0.4, -0.2) is 26.0 Å². The molecule has 1 aromatic carbocycles. The highest BCUT2D eigenvalue weighted by Gasteiger charge is 2.15. The lowest BCUT2D eigenvalue weighted by Crippen LogP contribution is -2.21. The van der Waals surface area contributed by atoms with Gasteiger partial charge in [-0.3, -0.25) is 4.98 Å². The number of nitrogens with zero attached hydrogens (tertiary/aromatic N) is 4. The summed E-state index contributed by atoms with van der Waals surface area (Å²) in [7, 11) is 0. The molecule has 0 radical (unpaired) electrons. The lowest BCUT2D eigenvalue weighted by molar-refractivity contribution is 0.462. The monoisotopic (exact) mass is 418 g/mol. The van der Waals surface area contributed by atoms with E-state index in [0.717, 1.165) is 32.2 Å². The average molecular weight is 419 g/mol. The lowest BCUT2D eigenvalue weighted by atomic mass is 9.96. The quantitative estimate of drug-likeness (QED) is 0.455. The molecule has 0 spiro atoms. The molecule has 1 fully saturated rings. The summed E-state index contributed by atoms with van der Waals surface area (Å²) in [5.74, 6) is 1.64. The Labute approximate surface area is 178 Å². The molecule has 152 valence electrons. The van der Waals surface area contributed by atoms with Crippen molar-refractivity contribution in [2.75, 3.05) is 11.1 Å². The molecule has 0 saturated heterocycles. The summed E-state index contributed by atoms with van der Waals surface area (Å²) in [5.41, 5.74) is 8.25. The van der Waals surface area contributed by atoms with Crippen LogP contribution in [0.1, 0.15) is 32.1 Å². The number of nitrogen functional groups attached to an aromatic ring is 1. The molecule has 3 heterocycles. The molecule has 7 nitrogen and oxygen atoms in total. The molecule has 0 atom stereocenters. The van der Waals surface area contributed by atoms with Gasteiger partial charge in [0.05, 0.1) is 16.4 Å². The van der Waals surface area contributed by atoms with Crippen molar-refractivity contribution >= 4 is 32.6 Å². The summed E-state index contributed by atoms with van der Waals surface area (Å²) < 4.78 is 7.16. The van der Waals surface area contributed by atoms with Crippen molar-refractivity contribution in [1.29, 1.82) is 0 Å². The second-order valence-electron chi connectivity index (χ2n) is 7.47. The van der Waals surface area contributed by atoms with Crippen molar-refractivity contribution in [2.45, 2.75) is 38.1 Å². The van der Waals surface area contributed by atoms with Crippen LogP contribution in [0.5, 0.6) is 11.5 Å². The van der Waals surface area contributed by atoms with Crippen molar-refractivity contribution in [2.24, 2.45) is 0 Å². The van der Waals surface area contributed by atoms with E-state index in [1.165, 1.54) is 32.1 Å². The third-order valence-corrected chi connectivity index (χ3v) is 6.20. The predicted molar refractivity (Wildman–Crippen MR) is 120 cm³/mol. The fourth-order valence-electron chi connectivity index (χ4n) is 3.71. The Bertz CT molecular complexity index is 1150. The number of aromatic nitrogens is 4. The van der Waals surface area contributed by atoms with Crippen molar-refractivity contribution < 1.29 is 4.74 Å². The van der Waals surface area contributed by atoms with Gasteiger partial charge in [-0.2, -0.15) is 0 Å². The number of thiazole rings is 1. The van der Waals surface area contributed by atoms with Crippen LogP contribution in [0, 0.1) is 0 Å². The highest BCUT2D eigenvalue weighted by atomic mass is 32.1. The number of hydrogen-bond acceptors (Lipinski definition) is 8. The zero-order valence-electron chi connectivity index (χ0n) is 16.4. The molecule has 0 aliphatic heterocycles. The highest BCUT2D eigenvalue weighted by molar-refractivity contribution is 7.22. The Hall–Kier alpha value is -3.26. The molecule has 0 amide bonds. The topological polar surface area (TPSA) is 98.8 Å². The lowest BCUT2D eigenvalue weighted by Gasteiger charge is -2.22. The van der Waals surface area contributed by atoms with E-state index in [1.807, 2.05) is 24.3 Å². The Morgan fingerprint density at radius 3 is 2.60 bits per heavy atom. The third-order valence-electron chi connectivity index (χ3n) is 5.25. The normalized spacial score (nSPS) is 14.7. The van der Waals surface area contributed by atoms with Gasteiger partial charge in [0.25, 0.3) is 0 Å². The fourth-order valence-corrected chi connectivity index (χ4v) is 4.68. The molecule has 4 aromatic rings. The summed E-state index contributed by atoms with van der Waals surface area (Å²) >= 11 is 1.67. The largest absolute Gasteiger partial charge is 0.456 e. The Balaban J connectivity index is 1.34. The van der Waals surface area contributed by atoms with Gasteiger partial charge >= 0.3 is 0 Å². The van der Waals surface area contributed by atoms with Crippen LogP contribution in [0.25, 0.3) is 21.3 Å². The number of nitrogens with two attached hydrogens (primary N) is 1. The minimum Gasteiger partial charge on any atom is -0.456 e. The predicted octanol–water partition coefficient (Wildman–Crippen LogP) is 5.27. The minimum atomic E-state index is 0.245. The zero-order valence-corrected chi connectivity index (χ0v) is 17.2. The molecule has 8 heteroatoms. The molecule has 0 bridgehead atoms. The van der Waals surface area contributed by atoms with Crippen LogP contribution in [0.4, 0.5) is 11.1 Å². The Morgan fingerprint density at radius 2 is 1.77 bits per heavy atom. The second kappa shape index (κ2) is 8.23. The van der Waals surface area contributed by atoms with Gasteiger partial charge in [-0.1, -0.05) is 30.6 Å². The average Bonchev–Trinajstić information content (AvgIpc) is 3.17. The molecular weight excluding hydrogens is 396 g/mol. The number of ether oxygens (including phenoxy) is 1. The van der Waals surface area contributed by atoms with Crippen molar-refractivity contribution in [3.63, 3.8) is 0 Å². The van der Waals surface area contributed by atoms with Gasteiger partial charge in [0.15, 0.2) is 5.13 Å². The maximum Gasteiger partial charge on any atom is 0.219 e. The van der Waals surface area contributed by atoms with Crippen molar-refractivity contribution in [1.82, 2.24) is 19.9 Å². The number of pyridine rings is 1. The molecule has 30 heavy (non-hydrogen) atoms. The molecular formula is C22H22N6OS. The minimum absolute atomic E-state index is 0.245. The first-order chi connectivity index (χ1) is 14.7. The van der Waals surface area contributed by atoms with E-state index in [9.17, 15) is 0 Å². The van der Waals surface area contributed by atoms with Gasteiger partial charge in [0, 0.05) is 41.8 Å². The first-order valence-corrected chi connectivity index (χ1v) is 10.9. The number of benzene rings is 1. The summed E-state index contributed by atoms with van der Waals surface area (Å²) in [6.07, 6.45) is 13.2. The number of hydrogen-bond donors (Lipinski definition) is 2. The van der Waals surface area contributed by atoms with Crippen molar-refractivity contribution in [3.05, 3.63) is 49.1 Å². The SMILES string of the molecule is Nc1ncc(-c2cncc(Oc3ccc4nc(NC5CCCCC5)sc4c3)c2)cn1. The van der Waals surface area contributed by atoms with Crippen LogP contribution in [0.3, 0.4) is 0 Å². The van der Waals surface area contributed by atoms with Crippen LogP contribution < -0.4 is 15.8 Å². The highest BCUT2D eigenvalue weighted by Crippen LogP contribution is 2.33. The second-order valence-corrected chi connectivity index (χ2v) is 8.50. The number of nitrogens with one attached hydrogen (secondary N) is 1. The van der Waals surface area contributed by atoms with E-state index in [0.29, 0.717) is 11.8 Å². The first-order valence-electron chi connectivity index (χ1n) is 10.1. The van der Waals surface area contributed by atoms with Crippen LogP contribution in [-0.2, 0) is 0 Å². The van der Waals surface area contributed by atoms with Crippen molar-refractivity contribution in [3.8, 4) is 22.6 Å². The van der Waals surface area contributed by atoms with Crippen LogP contribution in [0.15, 0.2) is 49.1 Å². The van der Waals surface area contributed by atoms with E-state index in [2.05, 4.69) is 20.3 Å². The van der Waals surface area contributed by atoms with E-state index < -0.39 is 0 Å². The van der Waals surface area contributed by atoms with Gasteiger partial charge in [0.2, 0.25) is 5.95 Å². The summed E-state index contributed by atoms with van der Waals surface area (Å²) in [5, 5.41) is 4.59. The van der Waals surface area contributed by atoms with Crippen LogP contribution in [0.2, 0.25) is 0 Å². The van der Waals surface area contributed by atoms with E-state index >= 15 is 0 Å². The molecule has 0 unspecified atom stereocenters. The van der Waals surface area contributed by atoms with Gasteiger partial charge in [-0.25, -0.2) is 15.0 Å². The van der Waals surface area contributed by atoms with E-state index in [-0.39, 0.29) is 5.95 Å². The number of rotatable bonds is 5. The van der Waals surface area contributed by atoms with Gasteiger partial charge in [0.1, 0.15) is 11.5 Å². The summed E-state index contributed by atoms with van der Waals surface area (Å²) in [6.45, 7) is 0. The van der Waals surface area contributed by atoms with Gasteiger partial charge in [-0.05, 0) is 31.0 Å². The summed E-state index contributed by atoms with van der Waals surface area (Å²) in [4.78, 5) is 17.1. The molecule has 1 aliphatic rings. The molecule has 3 N–H and O–H groups in total. The Kier molecular flexibility index (Phi) is 5.15. The van der Waals surface area contributed by atoms with E-state index in [4.69, 9.17) is 15.5 Å². The van der Waals surface area contributed by atoms with Gasteiger partial charge < -0.3 is 15.8 Å². The smallest absolute Gasteiger partial charge is 0.219 e. The molecule has 5 rings (SSSR count). The van der Waals surface area contributed by atoms with E-state index in [1.54, 1.807) is 36.1 Å². The molecule has 1 aliphatic carbocycles. The Morgan fingerprint density at radius 1 is 0.933 bits per heavy atom. The summed E-state index contributed by atoms with van der Waals surface area (Å²) in [6, 6.07) is 8.41. The molecule has 1 saturated carbocycles. The maximum absolute atomic E-state index is 6.06. The maximum atomic E-state index is 6.06. The van der Waals surface area contributed by atoms with Gasteiger partial charge in [-0.15, -0.1) is 0 Å². The number of anilines is 2. The fraction of sp³-hybridized carbons (Fsp3) is 0.273.